The molecule has 0 aliphatic carbocycles. The van der Waals surface area contributed by atoms with E-state index in [1.807, 2.05) is 0 Å². The maximum Gasteiger partial charge on any atom is 0.417 e. The lowest BCUT2D eigenvalue weighted by molar-refractivity contribution is -0.137. The molecule has 0 fully saturated rings. The third-order valence-corrected chi connectivity index (χ3v) is 1.90. The van der Waals surface area contributed by atoms with Crippen molar-refractivity contribution in [3.8, 4) is 0 Å². The van der Waals surface area contributed by atoms with Crippen LogP contribution in [-0.2, 0) is 11.0 Å². The van der Waals surface area contributed by atoms with E-state index in [9.17, 15) is 18.0 Å². The Balaban J connectivity index is 2.60. The van der Waals surface area contributed by atoms with E-state index in [1.165, 1.54) is 0 Å². The highest BCUT2D eigenvalue weighted by molar-refractivity contribution is 5.79. The van der Waals surface area contributed by atoms with Gasteiger partial charge in [0.15, 0.2) is 0 Å². The van der Waals surface area contributed by atoms with Crippen LogP contribution in [0.1, 0.15) is 5.56 Å². The summed E-state index contributed by atoms with van der Waals surface area (Å²) in [6.45, 7) is -0.215. The van der Waals surface area contributed by atoms with Crippen LogP contribution in [-0.4, -0.2) is 28.6 Å². The van der Waals surface area contributed by atoms with Crippen LogP contribution in [0, 0.1) is 0 Å². The Hall–Kier alpha value is -1.83. The number of carbonyl (C=O) groups excluding carboxylic acids is 1. The molecule has 17 heavy (non-hydrogen) atoms. The van der Waals surface area contributed by atoms with Gasteiger partial charge >= 0.3 is 6.18 Å². The number of pyridine rings is 1. The molecule has 0 spiro atoms. The Labute approximate surface area is 94.5 Å². The van der Waals surface area contributed by atoms with Crippen LogP contribution in [0.3, 0.4) is 0 Å². The molecule has 8 heteroatoms. The summed E-state index contributed by atoms with van der Waals surface area (Å²) in [4.78, 5) is 14.0. The average molecular weight is 249 g/mol. The minimum Gasteiger partial charge on any atom is -0.381 e. The molecule has 1 unspecified atom stereocenters. The van der Waals surface area contributed by atoms with Crippen molar-refractivity contribution in [2.24, 2.45) is 5.73 Å². The van der Waals surface area contributed by atoms with E-state index < -0.39 is 23.8 Å². The van der Waals surface area contributed by atoms with Crippen LogP contribution >= 0.6 is 0 Å². The first-order valence-corrected chi connectivity index (χ1v) is 4.55. The number of halogens is 3. The average Bonchev–Trinajstić information content (AvgIpc) is 2.25. The van der Waals surface area contributed by atoms with E-state index in [0.29, 0.717) is 6.20 Å². The van der Waals surface area contributed by atoms with Crippen molar-refractivity contribution < 1.29 is 23.1 Å². The molecular formula is C9H10F3N3O2. The molecular weight excluding hydrogens is 239 g/mol. The van der Waals surface area contributed by atoms with Gasteiger partial charge in [-0.15, -0.1) is 0 Å². The number of aliphatic hydroxyl groups excluding tert-OH is 1. The van der Waals surface area contributed by atoms with E-state index in [1.54, 1.807) is 0 Å². The summed E-state index contributed by atoms with van der Waals surface area (Å²) >= 11 is 0. The largest absolute Gasteiger partial charge is 0.417 e. The predicted octanol–water partition coefficient (Wildman–Crippen LogP) is 0.358. The fourth-order valence-corrected chi connectivity index (χ4v) is 0.968. The van der Waals surface area contributed by atoms with Gasteiger partial charge in [0.1, 0.15) is 11.9 Å². The minimum atomic E-state index is -4.45. The normalized spacial score (nSPS) is 13.2. The molecule has 0 saturated heterocycles. The van der Waals surface area contributed by atoms with Gasteiger partial charge in [-0.05, 0) is 12.1 Å². The molecule has 1 atom stereocenters. The summed E-state index contributed by atoms with van der Waals surface area (Å²) in [6.07, 6.45) is -5.21. The number of carbonyl (C=O) groups is 1. The number of primary amides is 1. The molecule has 1 amide bonds. The Kier molecular flexibility index (Phi) is 3.89. The Morgan fingerprint density at radius 3 is 2.59 bits per heavy atom. The summed E-state index contributed by atoms with van der Waals surface area (Å²) in [5.41, 5.74) is 3.91. The van der Waals surface area contributed by atoms with Crippen LogP contribution in [0.5, 0.6) is 0 Å². The molecule has 0 aliphatic rings. The van der Waals surface area contributed by atoms with Gasteiger partial charge in [0.05, 0.1) is 12.1 Å². The molecule has 0 bridgehead atoms. The quantitative estimate of drug-likeness (QED) is 0.718. The Bertz CT molecular complexity index is 391. The summed E-state index contributed by atoms with van der Waals surface area (Å²) < 4.78 is 36.5. The lowest BCUT2D eigenvalue weighted by Crippen LogP contribution is -2.34. The van der Waals surface area contributed by atoms with Gasteiger partial charge in [0, 0.05) is 6.20 Å². The van der Waals surface area contributed by atoms with Crippen molar-refractivity contribution in [2.75, 3.05) is 11.9 Å². The number of nitrogens with one attached hydrogen (secondary N) is 1. The van der Waals surface area contributed by atoms with Gasteiger partial charge in [0.25, 0.3) is 0 Å². The summed E-state index contributed by atoms with van der Waals surface area (Å²) in [7, 11) is 0. The molecule has 4 N–H and O–H groups in total. The monoisotopic (exact) mass is 249 g/mol. The zero-order valence-electron chi connectivity index (χ0n) is 8.53. The van der Waals surface area contributed by atoms with Crippen LogP contribution in [0.25, 0.3) is 0 Å². The van der Waals surface area contributed by atoms with Crippen LogP contribution in [0.4, 0.5) is 19.0 Å². The second-order valence-corrected chi connectivity index (χ2v) is 3.23. The highest BCUT2D eigenvalue weighted by atomic mass is 19.4. The SMILES string of the molecule is NC(=O)C(O)CNc1ccc(C(F)(F)F)cn1. The highest BCUT2D eigenvalue weighted by Crippen LogP contribution is 2.28. The number of hydrogen-bond donors (Lipinski definition) is 3. The summed E-state index contributed by atoms with van der Waals surface area (Å²) in [5.74, 6) is -0.817. The fraction of sp³-hybridized carbons (Fsp3) is 0.333. The zero-order valence-corrected chi connectivity index (χ0v) is 8.53. The first-order valence-electron chi connectivity index (χ1n) is 4.55. The second-order valence-electron chi connectivity index (χ2n) is 3.23. The van der Waals surface area contributed by atoms with Gasteiger partial charge in [-0.2, -0.15) is 13.2 Å². The fourth-order valence-electron chi connectivity index (χ4n) is 0.968. The lowest BCUT2D eigenvalue weighted by Gasteiger charge is -2.10. The third kappa shape index (κ3) is 3.91. The molecule has 1 rings (SSSR count). The molecule has 0 aromatic carbocycles. The standard InChI is InChI=1S/C9H10F3N3O2/c10-9(11,12)5-1-2-7(14-3-5)15-4-6(16)8(13)17/h1-3,6,16H,4H2,(H2,13,17)(H,14,15). The van der Waals surface area contributed by atoms with Crippen molar-refractivity contribution >= 4 is 11.7 Å². The summed E-state index contributed by atoms with van der Waals surface area (Å²) in [5, 5.41) is 11.5. The maximum atomic E-state index is 12.2. The van der Waals surface area contributed by atoms with E-state index in [2.05, 4.69) is 10.3 Å². The first-order chi connectivity index (χ1) is 7.80. The molecule has 5 nitrogen and oxygen atoms in total. The third-order valence-electron chi connectivity index (χ3n) is 1.90. The topological polar surface area (TPSA) is 88.2 Å². The lowest BCUT2D eigenvalue weighted by atomic mass is 10.2. The predicted molar refractivity (Wildman–Crippen MR) is 52.9 cm³/mol. The number of aromatic nitrogens is 1. The second kappa shape index (κ2) is 5.00. The number of alkyl halides is 3. The number of nitrogens with zero attached hydrogens (tertiary/aromatic N) is 1. The van der Waals surface area contributed by atoms with E-state index >= 15 is 0 Å². The van der Waals surface area contributed by atoms with Crippen molar-refractivity contribution in [3.05, 3.63) is 23.9 Å². The van der Waals surface area contributed by atoms with Crippen molar-refractivity contribution in [2.45, 2.75) is 12.3 Å². The number of nitrogens with two attached hydrogens (primary N) is 1. The van der Waals surface area contributed by atoms with Crippen molar-refractivity contribution in [1.82, 2.24) is 4.98 Å². The molecule has 94 valence electrons. The molecule has 1 aromatic rings. The van der Waals surface area contributed by atoms with Crippen LogP contribution < -0.4 is 11.1 Å². The van der Waals surface area contributed by atoms with E-state index in [-0.39, 0.29) is 12.4 Å². The minimum absolute atomic E-state index is 0.110. The van der Waals surface area contributed by atoms with Gasteiger partial charge in [-0.3, -0.25) is 4.79 Å². The maximum absolute atomic E-state index is 12.2. The first kappa shape index (κ1) is 13.2. The zero-order chi connectivity index (χ0) is 13.1. The highest BCUT2D eigenvalue weighted by Gasteiger charge is 2.30. The van der Waals surface area contributed by atoms with Gasteiger partial charge < -0.3 is 16.2 Å². The van der Waals surface area contributed by atoms with Crippen LogP contribution in [0.15, 0.2) is 18.3 Å². The van der Waals surface area contributed by atoms with Gasteiger partial charge in [-0.1, -0.05) is 0 Å². The van der Waals surface area contributed by atoms with Gasteiger partial charge in [0.2, 0.25) is 5.91 Å². The molecule has 1 aromatic heterocycles. The van der Waals surface area contributed by atoms with Crippen LogP contribution in [0.2, 0.25) is 0 Å². The number of anilines is 1. The molecule has 0 radical (unpaired) electrons. The summed E-state index contributed by atoms with van der Waals surface area (Å²) in [6, 6.07) is 1.93. The van der Waals surface area contributed by atoms with Gasteiger partial charge in [-0.25, -0.2) is 4.98 Å². The number of amides is 1. The Morgan fingerprint density at radius 2 is 2.18 bits per heavy atom. The number of hydrogen-bond acceptors (Lipinski definition) is 4. The van der Waals surface area contributed by atoms with E-state index in [4.69, 9.17) is 10.8 Å². The molecule has 1 heterocycles. The number of aliphatic hydroxyl groups is 1. The van der Waals surface area contributed by atoms with E-state index in [0.717, 1.165) is 12.1 Å². The molecule has 0 saturated carbocycles. The Morgan fingerprint density at radius 1 is 1.53 bits per heavy atom. The smallest absolute Gasteiger partial charge is 0.381 e. The molecule has 0 aliphatic heterocycles. The number of rotatable bonds is 4. The van der Waals surface area contributed by atoms with Crippen molar-refractivity contribution in [3.63, 3.8) is 0 Å². The van der Waals surface area contributed by atoms with Crippen molar-refractivity contribution in [1.29, 1.82) is 0 Å².